The second-order valence-corrected chi connectivity index (χ2v) is 16.4. The first-order valence-corrected chi connectivity index (χ1v) is 21.3. The van der Waals surface area contributed by atoms with Crippen molar-refractivity contribution >= 4 is 57.6 Å². The van der Waals surface area contributed by atoms with Crippen LogP contribution in [-0.4, -0.2) is 114 Å². The number of hydrogen-bond donors (Lipinski definition) is 4. The minimum atomic E-state index is -0.672. The van der Waals surface area contributed by atoms with Gasteiger partial charge in [0.2, 0.25) is 23.7 Å². The van der Waals surface area contributed by atoms with Crippen LogP contribution in [0, 0.1) is 19.3 Å². The molecule has 3 aliphatic rings. The van der Waals surface area contributed by atoms with Crippen molar-refractivity contribution in [3.8, 4) is 17.2 Å². The van der Waals surface area contributed by atoms with E-state index in [1.165, 1.54) is 13.2 Å². The first-order valence-electron chi connectivity index (χ1n) is 21.3. The zero-order chi connectivity index (χ0) is 45.0. The molecule has 0 radical (unpaired) electrons. The molecule has 1 atom stereocenters. The van der Waals surface area contributed by atoms with Crippen molar-refractivity contribution in [2.24, 2.45) is 16.9 Å². The SMILES string of the molecule is CCn1nc(C)c2c1C(=O)Nc1nc3cc(C(N)=O)cc(OCCN4CCC5(CCOC5)C4)c3n1C/C=C/Cn1c(nc3cc(C(N)=O)cc(OC)c31)NC(=O)c1n(CC)nc(C)[n+]1-2. The first kappa shape index (κ1) is 42.2. The molecule has 9 rings (SSSR count). The van der Waals surface area contributed by atoms with Gasteiger partial charge in [-0.3, -0.25) is 39.4 Å². The standard InChI is InChI=1S/C43H50N14O7/c1-6-55-35-32(24(3)50-55)57-25(4)51-56(7-2)40(57)39(61)49-42-46-28-18-26(36(44)58)20-30(62-5)33(28)53(42)12-8-9-13-54-34-29(47-41(54)48-38(35)60)19-27(37(45)59)21-31(34)64-17-15-52-14-10-43(22-52)11-16-63-23-43/h8-9,18-21H,6-7,10-17,22-23H2,1-5H3,(H5-,44,45,46,47,48,49,58,59,60,61)/p+1/b9-8+. The molecule has 2 aromatic carbocycles. The number of ether oxygens (including phenoxy) is 3. The Hall–Kier alpha value is -7.13. The molecule has 0 aliphatic carbocycles. The second kappa shape index (κ2) is 16.5. The molecule has 7 heterocycles. The Labute approximate surface area is 366 Å². The van der Waals surface area contributed by atoms with E-state index in [0.29, 0.717) is 77.0 Å². The smallest absolute Gasteiger partial charge is 0.331 e. The number of aryl methyl sites for hydroxylation is 4. The third-order valence-corrected chi connectivity index (χ3v) is 12.3. The highest BCUT2D eigenvalue weighted by Crippen LogP contribution is 2.38. The number of methoxy groups -OCH3 is 1. The molecule has 1 unspecified atom stereocenters. The van der Waals surface area contributed by atoms with Gasteiger partial charge in [-0.1, -0.05) is 12.2 Å². The van der Waals surface area contributed by atoms with Crippen LogP contribution in [-0.2, 0) is 30.9 Å². The van der Waals surface area contributed by atoms with Crippen LogP contribution < -0.4 is 36.1 Å². The number of carbonyl (C=O) groups is 4. The Balaban J connectivity index is 1.21. The Kier molecular flexibility index (Phi) is 10.9. The summed E-state index contributed by atoms with van der Waals surface area (Å²) in [4.78, 5) is 66.6. The van der Waals surface area contributed by atoms with Gasteiger partial charge in [0.25, 0.3) is 11.7 Å². The van der Waals surface area contributed by atoms with Crippen molar-refractivity contribution in [1.29, 1.82) is 0 Å². The van der Waals surface area contributed by atoms with E-state index >= 15 is 0 Å². The summed E-state index contributed by atoms with van der Waals surface area (Å²) in [6, 6.07) is 6.27. The van der Waals surface area contributed by atoms with Crippen molar-refractivity contribution < 1.29 is 38.0 Å². The lowest BCUT2D eigenvalue weighted by Gasteiger charge is -2.22. The fourth-order valence-electron chi connectivity index (χ4n) is 9.25. The van der Waals surface area contributed by atoms with E-state index in [0.717, 1.165) is 39.1 Å². The fourth-order valence-corrected chi connectivity index (χ4v) is 9.25. The van der Waals surface area contributed by atoms with Gasteiger partial charge >= 0.3 is 11.7 Å². The maximum Gasteiger partial charge on any atom is 0.331 e. The summed E-state index contributed by atoms with van der Waals surface area (Å²) in [6.45, 7) is 12.6. The molecule has 2 fully saturated rings. The monoisotopic (exact) mass is 875 g/mol. The van der Waals surface area contributed by atoms with Crippen LogP contribution in [0.2, 0.25) is 0 Å². The van der Waals surface area contributed by atoms with Crippen LogP contribution >= 0.6 is 0 Å². The van der Waals surface area contributed by atoms with E-state index < -0.39 is 23.6 Å². The molecule has 2 saturated heterocycles. The summed E-state index contributed by atoms with van der Waals surface area (Å²) < 4.78 is 26.3. The predicted molar refractivity (Wildman–Crippen MR) is 233 cm³/mol. The zero-order valence-corrected chi connectivity index (χ0v) is 36.4. The zero-order valence-electron chi connectivity index (χ0n) is 36.4. The molecule has 4 amide bonds. The van der Waals surface area contributed by atoms with E-state index in [4.69, 9.17) is 45.8 Å². The molecule has 6 N–H and O–H groups in total. The molecular formula is C43H51N14O7+. The molecule has 0 saturated carbocycles. The summed E-state index contributed by atoms with van der Waals surface area (Å²) in [6.07, 6.45) is 5.85. The van der Waals surface area contributed by atoms with Crippen LogP contribution in [0.4, 0.5) is 11.9 Å². The van der Waals surface area contributed by atoms with E-state index in [1.54, 1.807) is 50.5 Å². The van der Waals surface area contributed by atoms with Crippen molar-refractivity contribution in [3.05, 3.63) is 70.6 Å². The normalized spacial score (nSPS) is 18.5. The highest BCUT2D eigenvalue weighted by atomic mass is 16.5. The number of aromatic nitrogens is 9. The van der Waals surface area contributed by atoms with Crippen molar-refractivity contribution in [1.82, 2.24) is 43.6 Å². The lowest BCUT2D eigenvalue weighted by atomic mass is 9.87. The molecule has 21 heteroatoms. The lowest BCUT2D eigenvalue weighted by Crippen LogP contribution is -2.44. The van der Waals surface area contributed by atoms with Crippen LogP contribution in [0.25, 0.3) is 27.8 Å². The molecule has 21 nitrogen and oxygen atoms in total. The fraction of sp³-hybridized carbons (Fsp3) is 0.419. The van der Waals surface area contributed by atoms with Gasteiger partial charge in [0.1, 0.15) is 35.7 Å². The van der Waals surface area contributed by atoms with Gasteiger partial charge in [0, 0.05) is 67.9 Å². The molecule has 1 spiro atoms. The third kappa shape index (κ3) is 7.28. The van der Waals surface area contributed by atoms with E-state index in [-0.39, 0.29) is 53.0 Å². The number of nitrogens with one attached hydrogen (secondary N) is 2. The molecule has 64 heavy (non-hydrogen) atoms. The van der Waals surface area contributed by atoms with E-state index in [2.05, 4.69) is 15.5 Å². The Morgan fingerprint density at radius 2 is 1.48 bits per heavy atom. The number of rotatable bonds is 9. The number of allylic oxidation sites excluding steroid dienone is 2. The third-order valence-electron chi connectivity index (χ3n) is 12.3. The summed E-state index contributed by atoms with van der Waals surface area (Å²) in [5, 5.41) is 15.5. The number of benzene rings is 2. The van der Waals surface area contributed by atoms with Crippen molar-refractivity contribution in [3.63, 3.8) is 0 Å². The molecular weight excluding hydrogens is 825 g/mol. The highest BCUT2D eigenvalue weighted by Gasteiger charge is 2.41. The number of likely N-dealkylation sites (tertiary alicyclic amines) is 1. The quantitative estimate of drug-likeness (QED) is 0.121. The summed E-state index contributed by atoms with van der Waals surface area (Å²) in [7, 11) is 1.47. The number of anilines is 2. The Morgan fingerprint density at radius 1 is 0.859 bits per heavy atom. The summed E-state index contributed by atoms with van der Waals surface area (Å²) in [5.74, 6) is -0.934. The topological polar surface area (TPSA) is 250 Å². The van der Waals surface area contributed by atoms with Crippen LogP contribution in [0.5, 0.6) is 11.5 Å². The summed E-state index contributed by atoms with van der Waals surface area (Å²) >= 11 is 0. The highest BCUT2D eigenvalue weighted by molar-refractivity contribution is 6.07. The summed E-state index contributed by atoms with van der Waals surface area (Å²) in [5.41, 5.74) is 14.8. The van der Waals surface area contributed by atoms with Gasteiger partial charge in [0.15, 0.2) is 11.4 Å². The number of carbonyl (C=O) groups excluding carboxylic acids is 4. The van der Waals surface area contributed by atoms with Gasteiger partial charge in [-0.2, -0.15) is 9.67 Å². The maximum absolute atomic E-state index is 14.8. The van der Waals surface area contributed by atoms with Gasteiger partial charge in [-0.15, -0.1) is 4.68 Å². The minimum Gasteiger partial charge on any atom is -0.494 e. The van der Waals surface area contributed by atoms with Gasteiger partial charge in [-0.25, -0.2) is 9.97 Å². The minimum absolute atomic E-state index is 0.104. The maximum atomic E-state index is 14.8. The average molecular weight is 876 g/mol. The Bertz CT molecular complexity index is 2910. The van der Waals surface area contributed by atoms with Crippen LogP contribution in [0.15, 0.2) is 36.4 Å². The molecule has 0 bridgehead atoms. The first-order chi connectivity index (χ1) is 30.8. The number of nitrogens with two attached hydrogens (primary N) is 2. The van der Waals surface area contributed by atoms with Crippen molar-refractivity contribution in [2.75, 3.05) is 57.2 Å². The molecule has 334 valence electrons. The number of hydrogen-bond acceptors (Lipinski definition) is 12. The number of nitrogens with zero attached hydrogens (tertiary/aromatic N) is 10. The van der Waals surface area contributed by atoms with E-state index in [9.17, 15) is 19.2 Å². The van der Waals surface area contributed by atoms with Gasteiger partial charge in [0.05, 0.1) is 30.4 Å². The lowest BCUT2D eigenvalue weighted by molar-refractivity contribution is -0.606. The molecule has 3 aliphatic heterocycles. The van der Waals surface area contributed by atoms with E-state index in [1.807, 2.05) is 30.6 Å². The number of fused-ring (bicyclic) bond motifs is 9. The Morgan fingerprint density at radius 3 is 2.08 bits per heavy atom. The van der Waals surface area contributed by atoms with Crippen LogP contribution in [0.3, 0.4) is 0 Å². The number of primary amides is 2. The molecule has 4 aromatic heterocycles. The number of imidazole rings is 2. The van der Waals surface area contributed by atoms with Gasteiger partial charge in [-0.05, 0) is 64.4 Å². The largest absolute Gasteiger partial charge is 0.494 e. The second-order valence-electron chi connectivity index (χ2n) is 16.4. The number of amides is 4. The van der Waals surface area contributed by atoms with Crippen molar-refractivity contribution in [2.45, 2.75) is 66.7 Å². The predicted octanol–water partition coefficient (Wildman–Crippen LogP) is 2.48. The molecule has 6 aromatic rings. The van der Waals surface area contributed by atoms with Gasteiger partial charge < -0.3 is 34.8 Å². The van der Waals surface area contributed by atoms with Crippen LogP contribution in [0.1, 0.15) is 80.0 Å². The average Bonchev–Trinajstić information content (AvgIpc) is 4.13.